The molecular formula is C22H30N2O4S. The monoisotopic (exact) mass is 418 g/mol. The van der Waals surface area contributed by atoms with Gasteiger partial charge in [0.05, 0.1) is 11.5 Å². The highest BCUT2D eigenvalue weighted by Gasteiger charge is 2.26. The van der Waals surface area contributed by atoms with Crippen LogP contribution in [0.3, 0.4) is 0 Å². The molecule has 2 aromatic rings. The minimum Gasteiger partial charge on any atom is -0.494 e. The van der Waals surface area contributed by atoms with E-state index < -0.39 is 16.1 Å². The predicted molar refractivity (Wildman–Crippen MR) is 114 cm³/mol. The Morgan fingerprint density at radius 2 is 1.72 bits per heavy atom. The van der Waals surface area contributed by atoms with Crippen molar-refractivity contribution in [2.24, 2.45) is 5.92 Å². The number of carbonyl (C=O) groups excluding carboxylic acids is 1. The van der Waals surface area contributed by atoms with Gasteiger partial charge in [0.1, 0.15) is 11.8 Å². The lowest BCUT2D eigenvalue weighted by atomic mass is 10.0. The second kappa shape index (κ2) is 10.4. The van der Waals surface area contributed by atoms with E-state index in [1.807, 2.05) is 52.0 Å². The highest BCUT2D eigenvalue weighted by molar-refractivity contribution is 7.89. The molecule has 0 bridgehead atoms. The Bertz CT molecular complexity index is 909. The molecule has 2 aromatic carbocycles. The number of benzene rings is 2. The van der Waals surface area contributed by atoms with Gasteiger partial charge in [0, 0.05) is 12.1 Å². The summed E-state index contributed by atoms with van der Waals surface area (Å²) in [6.45, 7) is 8.47. The van der Waals surface area contributed by atoms with Crippen LogP contribution in [0.5, 0.6) is 5.75 Å². The van der Waals surface area contributed by atoms with E-state index in [1.54, 1.807) is 24.3 Å². The Hall–Kier alpha value is -2.38. The number of hydrogen-bond donors (Lipinski definition) is 2. The first kappa shape index (κ1) is 22.9. The normalized spacial score (nSPS) is 12.6. The third kappa shape index (κ3) is 6.87. The van der Waals surface area contributed by atoms with Crippen LogP contribution in [-0.2, 0) is 21.4 Å². The second-order valence-corrected chi connectivity index (χ2v) is 9.09. The minimum absolute atomic E-state index is 0.141. The van der Waals surface area contributed by atoms with Gasteiger partial charge in [0.2, 0.25) is 15.9 Å². The van der Waals surface area contributed by atoms with Crippen molar-refractivity contribution in [1.29, 1.82) is 0 Å². The number of rotatable bonds is 10. The standard InChI is InChI=1S/C22H30N2O4S/c1-5-28-21-9-7-6-8-18(21)15-23-22(25)20(14-16(2)3)24-29(26,27)19-12-10-17(4)11-13-19/h6-13,16,20,24H,5,14-15H2,1-4H3,(H,23,25). The largest absolute Gasteiger partial charge is 0.494 e. The van der Waals surface area contributed by atoms with Crippen molar-refractivity contribution in [3.05, 3.63) is 59.7 Å². The average molecular weight is 419 g/mol. The zero-order chi connectivity index (χ0) is 21.4. The molecule has 0 saturated carbocycles. The number of para-hydroxylation sites is 1. The molecule has 0 radical (unpaired) electrons. The maximum atomic E-state index is 12.8. The Labute approximate surface area is 173 Å². The molecule has 1 unspecified atom stereocenters. The minimum atomic E-state index is -3.80. The summed E-state index contributed by atoms with van der Waals surface area (Å²) in [7, 11) is -3.80. The van der Waals surface area contributed by atoms with Gasteiger partial charge >= 0.3 is 0 Å². The molecule has 6 nitrogen and oxygen atoms in total. The van der Waals surface area contributed by atoms with Crippen LogP contribution in [0.25, 0.3) is 0 Å². The van der Waals surface area contributed by atoms with Crippen LogP contribution in [0.1, 0.15) is 38.3 Å². The van der Waals surface area contributed by atoms with E-state index in [1.165, 1.54) is 0 Å². The second-order valence-electron chi connectivity index (χ2n) is 7.38. The zero-order valence-corrected chi connectivity index (χ0v) is 18.3. The van der Waals surface area contributed by atoms with Crippen molar-refractivity contribution in [3.8, 4) is 5.75 Å². The number of carbonyl (C=O) groups is 1. The first-order chi connectivity index (χ1) is 13.7. The van der Waals surface area contributed by atoms with Gasteiger partial charge in [-0.15, -0.1) is 0 Å². The maximum absolute atomic E-state index is 12.8. The van der Waals surface area contributed by atoms with Crippen molar-refractivity contribution in [2.75, 3.05) is 6.61 Å². The molecule has 2 rings (SSSR count). The molecule has 2 N–H and O–H groups in total. The molecule has 0 aliphatic rings. The Morgan fingerprint density at radius 3 is 2.34 bits per heavy atom. The Morgan fingerprint density at radius 1 is 1.07 bits per heavy atom. The number of ether oxygens (including phenoxy) is 1. The van der Waals surface area contributed by atoms with Crippen LogP contribution >= 0.6 is 0 Å². The average Bonchev–Trinajstić information content (AvgIpc) is 2.66. The summed E-state index contributed by atoms with van der Waals surface area (Å²) >= 11 is 0. The molecule has 158 valence electrons. The molecule has 0 aliphatic heterocycles. The van der Waals surface area contributed by atoms with Crippen LogP contribution < -0.4 is 14.8 Å². The lowest BCUT2D eigenvalue weighted by Crippen LogP contribution is -2.47. The van der Waals surface area contributed by atoms with Crippen LogP contribution in [0.15, 0.2) is 53.4 Å². The summed E-state index contributed by atoms with van der Waals surface area (Å²) < 4.78 is 33.6. The van der Waals surface area contributed by atoms with Crippen LogP contribution in [0.2, 0.25) is 0 Å². The smallest absolute Gasteiger partial charge is 0.241 e. The number of aryl methyl sites for hydroxylation is 1. The van der Waals surface area contributed by atoms with Gasteiger partial charge in [0.15, 0.2) is 0 Å². The van der Waals surface area contributed by atoms with Gasteiger partial charge in [-0.05, 0) is 44.4 Å². The van der Waals surface area contributed by atoms with E-state index in [-0.39, 0.29) is 23.3 Å². The van der Waals surface area contributed by atoms with Gasteiger partial charge in [-0.3, -0.25) is 4.79 Å². The zero-order valence-electron chi connectivity index (χ0n) is 17.4. The first-order valence-electron chi connectivity index (χ1n) is 9.80. The topological polar surface area (TPSA) is 84.5 Å². The van der Waals surface area contributed by atoms with Crippen LogP contribution in [0, 0.1) is 12.8 Å². The van der Waals surface area contributed by atoms with Gasteiger partial charge in [-0.2, -0.15) is 4.72 Å². The Balaban J connectivity index is 2.13. The maximum Gasteiger partial charge on any atom is 0.241 e. The lowest BCUT2D eigenvalue weighted by molar-refractivity contribution is -0.123. The number of sulfonamides is 1. The molecule has 1 amide bonds. The molecule has 0 aromatic heterocycles. The van der Waals surface area contributed by atoms with E-state index in [4.69, 9.17) is 4.74 Å². The molecule has 0 saturated heterocycles. The van der Waals surface area contributed by atoms with E-state index in [9.17, 15) is 13.2 Å². The van der Waals surface area contributed by atoms with E-state index in [2.05, 4.69) is 10.0 Å². The van der Waals surface area contributed by atoms with Crippen molar-refractivity contribution >= 4 is 15.9 Å². The summed E-state index contributed by atoms with van der Waals surface area (Å²) in [6.07, 6.45) is 0.393. The number of hydrogen-bond acceptors (Lipinski definition) is 4. The van der Waals surface area contributed by atoms with Crippen molar-refractivity contribution in [1.82, 2.24) is 10.0 Å². The highest BCUT2D eigenvalue weighted by atomic mass is 32.2. The summed E-state index contributed by atoms with van der Waals surface area (Å²) in [5.41, 5.74) is 1.81. The molecule has 0 aliphatic carbocycles. The number of amides is 1. The quantitative estimate of drug-likeness (QED) is 0.619. The molecular weight excluding hydrogens is 388 g/mol. The molecule has 0 fully saturated rings. The summed E-state index contributed by atoms with van der Waals surface area (Å²) in [5, 5.41) is 2.84. The molecule has 0 spiro atoms. The first-order valence-corrected chi connectivity index (χ1v) is 11.3. The Kier molecular flexibility index (Phi) is 8.22. The summed E-state index contributed by atoms with van der Waals surface area (Å²) in [5.74, 6) is 0.485. The third-order valence-electron chi connectivity index (χ3n) is 4.38. The van der Waals surface area contributed by atoms with E-state index in [0.717, 1.165) is 11.1 Å². The van der Waals surface area contributed by atoms with Crippen molar-refractivity contribution in [3.63, 3.8) is 0 Å². The highest BCUT2D eigenvalue weighted by Crippen LogP contribution is 2.18. The van der Waals surface area contributed by atoms with Gasteiger partial charge in [0.25, 0.3) is 0 Å². The fourth-order valence-electron chi connectivity index (χ4n) is 2.90. The third-order valence-corrected chi connectivity index (χ3v) is 5.87. The summed E-state index contributed by atoms with van der Waals surface area (Å²) in [4.78, 5) is 13.0. The molecule has 29 heavy (non-hydrogen) atoms. The predicted octanol–water partition coefficient (Wildman–Crippen LogP) is 3.40. The molecule has 1 atom stereocenters. The summed E-state index contributed by atoms with van der Waals surface area (Å²) in [6, 6.07) is 13.1. The lowest BCUT2D eigenvalue weighted by Gasteiger charge is -2.21. The van der Waals surface area contributed by atoms with Gasteiger partial charge in [-0.25, -0.2) is 8.42 Å². The molecule has 0 heterocycles. The SMILES string of the molecule is CCOc1ccccc1CNC(=O)C(CC(C)C)NS(=O)(=O)c1ccc(C)cc1. The fraction of sp³-hybridized carbons (Fsp3) is 0.409. The van der Waals surface area contributed by atoms with E-state index in [0.29, 0.717) is 18.8 Å². The van der Waals surface area contributed by atoms with Crippen molar-refractivity contribution < 1.29 is 17.9 Å². The van der Waals surface area contributed by atoms with Crippen LogP contribution in [-0.4, -0.2) is 27.0 Å². The van der Waals surface area contributed by atoms with Gasteiger partial charge in [-0.1, -0.05) is 49.7 Å². The molecule has 7 heteroatoms. The van der Waals surface area contributed by atoms with E-state index >= 15 is 0 Å². The van der Waals surface area contributed by atoms with Crippen LogP contribution in [0.4, 0.5) is 0 Å². The number of nitrogens with one attached hydrogen (secondary N) is 2. The van der Waals surface area contributed by atoms with Crippen molar-refractivity contribution in [2.45, 2.75) is 51.6 Å². The fourth-order valence-corrected chi connectivity index (χ4v) is 4.11. The van der Waals surface area contributed by atoms with Gasteiger partial charge < -0.3 is 10.1 Å².